The zero-order valence-electron chi connectivity index (χ0n) is 8.57. The lowest BCUT2D eigenvalue weighted by Crippen LogP contribution is -2.17. The topological polar surface area (TPSA) is 56.7 Å². The molecule has 0 aliphatic carbocycles. The van der Waals surface area contributed by atoms with E-state index < -0.39 is 0 Å². The van der Waals surface area contributed by atoms with Crippen molar-refractivity contribution in [3.63, 3.8) is 0 Å². The fraction of sp³-hybridized carbons (Fsp3) is 0.778. The Morgan fingerprint density at radius 2 is 2.23 bits per heavy atom. The molecular weight excluding hydrogens is 164 g/mol. The third-order valence-corrected chi connectivity index (χ3v) is 2.09. The highest BCUT2D eigenvalue weighted by Gasteiger charge is 2.13. The van der Waals surface area contributed by atoms with E-state index in [0.717, 1.165) is 18.7 Å². The van der Waals surface area contributed by atoms with Crippen LogP contribution in [-0.4, -0.2) is 14.8 Å². The highest BCUT2D eigenvalue weighted by Crippen LogP contribution is 2.16. The van der Waals surface area contributed by atoms with Crippen molar-refractivity contribution in [2.45, 2.75) is 45.7 Å². The fourth-order valence-electron chi connectivity index (χ4n) is 1.36. The van der Waals surface area contributed by atoms with Gasteiger partial charge in [-0.15, -0.1) is 10.2 Å². The normalized spacial score (nSPS) is 13.6. The van der Waals surface area contributed by atoms with Gasteiger partial charge in [0.15, 0.2) is 0 Å². The molecule has 0 unspecified atom stereocenters. The number of hydrogen-bond acceptors (Lipinski definition) is 3. The second kappa shape index (κ2) is 4.37. The molecule has 0 aliphatic rings. The van der Waals surface area contributed by atoms with Crippen LogP contribution in [0.25, 0.3) is 0 Å². The fourth-order valence-corrected chi connectivity index (χ4v) is 1.36. The quantitative estimate of drug-likeness (QED) is 0.770. The molecule has 1 aromatic rings. The Morgan fingerprint density at radius 3 is 2.77 bits per heavy atom. The van der Waals surface area contributed by atoms with Crippen molar-refractivity contribution in [1.82, 2.24) is 14.8 Å². The Balaban J connectivity index is 2.80. The Morgan fingerprint density at radius 1 is 1.54 bits per heavy atom. The van der Waals surface area contributed by atoms with Crippen LogP contribution in [0, 0.1) is 0 Å². The number of nitrogens with zero attached hydrogens (tertiary/aromatic N) is 3. The number of hydrogen-bond donors (Lipinski definition) is 1. The van der Waals surface area contributed by atoms with Crippen LogP contribution in [0.1, 0.15) is 51.5 Å². The van der Waals surface area contributed by atoms with E-state index in [1.807, 2.05) is 4.57 Å². The predicted octanol–water partition coefficient (Wildman–Crippen LogP) is 1.66. The van der Waals surface area contributed by atoms with Crippen molar-refractivity contribution < 1.29 is 0 Å². The van der Waals surface area contributed by atoms with E-state index in [1.54, 1.807) is 6.33 Å². The predicted molar refractivity (Wildman–Crippen MR) is 52.2 cm³/mol. The second-order valence-electron chi connectivity index (χ2n) is 3.59. The van der Waals surface area contributed by atoms with Crippen LogP contribution in [0.4, 0.5) is 0 Å². The molecule has 1 rings (SSSR count). The number of rotatable bonds is 4. The van der Waals surface area contributed by atoms with E-state index in [4.69, 9.17) is 5.73 Å². The third kappa shape index (κ3) is 2.28. The number of nitrogens with two attached hydrogens (primary N) is 1. The Bertz CT molecular complexity index is 254. The van der Waals surface area contributed by atoms with Gasteiger partial charge in [0.2, 0.25) is 0 Å². The summed E-state index contributed by atoms with van der Waals surface area (Å²) in [5.74, 6) is 0.900. The molecule has 2 N–H and O–H groups in total. The molecule has 4 nitrogen and oxygen atoms in total. The lowest BCUT2D eigenvalue weighted by molar-refractivity contribution is 0.510. The monoisotopic (exact) mass is 182 g/mol. The van der Waals surface area contributed by atoms with Gasteiger partial charge >= 0.3 is 0 Å². The van der Waals surface area contributed by atoms with Gasteiger partial charge in [0.1, 0.15) is 12.2 Å². The van der Waals surface area contributed by atoms with Gasteiger partial charge in [0, 0.05) is 6.04 Å². The average Bonchev–Trinajstić information content (AvgIpc) is 2.52. The molecule has 0 aromatic carbocycles. The molecule has 0 amide bonds. The molecule has 0 saturated carbocycles. The molecule has 0 radical (unpaired) electrons. The summed E-state index contributed by atoms with van der Waals surface area (Å²) >= 11 is 0. The maximum absolute atomic E-state index is 5.97. The summed E-state index contributed by atoms with van der Waals surface area (Å²) in [5.41, 5.74) is 5.97. The number of aromatic nitrogens is 3. The van der Waals surface area contributed by atoms with E-state index in [9.17, 15) is 0 Å². The standard InChI is InChI=1S/C9H18N4/c1-4-5-8(10)9-12-11-6-13(9)7(2)3/h6-8H,4-5,10H2,1-3H3/t8-/m0/s1. The summed E-state index contributed by atoms with van der Waals surface area (Å²) in [5, 5.41) is 7.92. The van der Waals surface area contributed by atoms with Crippen LogP contribution in [0.15, 0.2) is 6.33 Å². The zero-order valence-corrected chi connectivity index (χ0v) is 8.57. The van der Waals surface area contributed by atoms with Crippen molar-refractivity contribution in [2.75, 3.05) is 0 Å². The van der Waals surface area contributed by atoms with Gasteiger partial charge in [-0.25, -0.2) is 0 Å². The minimum absolute atomic E-state index is 0.0231. The first-order valence-electron chi connectivity index (χ1n) is 4.81. The Labute approximate surface area is 79.2 Å². The van der Waals surface area contributed by atoms with Gasteiger partial charge in [-0.2, -0.15) is 0 Å². The highest BCUT2D eigenvalue weighted by atomic mass is 15.3. The maximum atomic E-state index is 5.97. The second-order valence-corrected chi connectivity index (χ2v) is 3.59. The largest absolute Gasteiger partial charge is 0.321 e. The molecule has 0 fully saturated rings. The first-order chi connectivity index (χ1) is 6.16. The van der Waals surface area contributed by atoms with Gasteiger partial charge in [0.25, 0.3) is 0 Å². The van der Waals surface area contributed by atoms with E-state index in [0.29, 0.717) is 6.04 Å². The first-order valence-corrected chi connectivity index (χ1v) is 4.81. The smallest absolute Gasteiger partial charge is 0.150 e. The van der Waals surface area contributed by atoms with Crippen molar-refractivity contribution in [3.05, 3.63) is 12.2 Å². The molecule has 0 spiro atoms. The van der Waals surface area contributed by atoms with Gasteiger partial charge in [-0.05, 0) is 20.3 Å². The maximum Gasteiger partial charge on any atom is 0.150 e. The molecule has 1 atom stereocenters. The summed E-state index contributed by atoms with van der Waals surface area (Å²) in [6.07, 6.45) is 3.78. The van der Waals surface area contributed by atoms with Crippen LogP contribution in [0.3, 0.4) is 0 Å². The van der Waals surface area contributed by atoms with Gasteiger partial charge in [0.05, 0.1) is 6.04 Å². The van der Waals surface area contributed by atoms with Crippen LogP contribution >= 0.6 is 0 Å². The summed E-state index contributed by atoms with van der Waals surface area (Å²) in [4.78, 5) is 0. The molecular formula is C9H18N4. The van der Waals surface area contributed by atoms with Crippen LogP contribution < -0.4 is 5.73 Å². The highest BCUT2D eigenvalue weighted by molar-refractivity contribution is 4.94. The van der Waals surface area contributed by atoms with E-state index in [1.165, 1.54) is 0 Å². The summed E-state index contributed by atoms with van der Waals surface area (Å²) in [6.45, 7) is 6.33. The Hall–Kier alpha value is -0.900. The average molecular weight is 182 g/mol. The SMILES string of the molecule is CCC[C@H](N)c1nncn1C(C)C. The minimum atomic E-state index is 0.0231. The van der Waals surface area contributed by atoms with Crippen molar-refractivity contribution in [2.24, 2.45) is 5.73 Å². The molecule has 1 aromatic heterocycles. The van der Waals surface area contributed by atoms with Crippen molar-refractivity contribution >= 4 is 0 Å². The Kier molecular flexibility index (Phi) is 3.42. The van der Waals surface area contributed by atoms with E-state index in [2.05, 4.69) is 31.0 Å². The summed E-state index contributed by atoms with van der Waals surface area (Å²) in [6, 6.07) is 0.405. The molecule has 4 heteroatoms. The molecule has 0 bridgehead atoms. The lowest BCUT2D eigenvalue weighted by atomic mass is 10.1. The lowest BCUT2D eigenvalue weighted by Gasteiger charge is -2.14. The minimum Gasteiger partial charge on any atom is -0.321 e. The summed E-state index contributed by atoms with van der Waals surface area (Å²) in [7, 11) is 0. The van der Waals surface area contributed by atoms with E-state index in [-0.39, 0.29) is 6.04 Å². The van der Waals surface area contributed by atoms with Crippen LogP contribution in [0.5, 0.6) is 0 Å². The van der Waals surface area contributed by atoms with Crippen LogP contribution in [0.2, 0.25) is 0 Å². The van der Waals surface area contributed by atoms with E-state index >= 15 is 0 Å². The van der Waals surface area contributed by atoms with Crippen molar-refractivity contribution in [3.8, 4) is 0 Å². The third-order valence-electron chi connectivity index (χ3n) is 2.09. The van der Waals surface area contributed by atoms with Crippen LogP contribution in [-0.2, 0) is 0 Å². The zero-order chi connectivity index (χ0) is 9.84. The van der Waals surface area contributed by atoms with Crippen molar-refractivity contribution in [1.29, 1.82) is 0 Å². The molecule has 1 heterocycles. The summed E-state index contributed by atoms with van der Waals surface area (Å²) < 4.78 is 2.03. The van der Waals surface area contributed by atoms with Gasteiger partial charge in [-0.1, -0.05) is 13.3 Å². The molecule has 74 valence electrons. The molecule has 0 saturated heterocycles. The molecule has 0 aliphatic heterocycles. The molecule has 13 heavy (non-hydrogen) atoms. The first kappa shape index (κ1) is 10.2. The van der Waals surface area contributed by atoms with Gasteiger partial charge < -0.3 is 10.3 Å². The van der Waals surface area contributed by atoms with Gasteiger partial charge in [-0.3, -0.25) is 0 Å².